The zero-order chi connectivity index (χ0) is 16.1. The van der Waals surface area contributed by atoms with Crippen molar-refractivity contribution in [3.8, 4) is 5.75 Å². The van der Waals surface area contributed by atoms with E-state index in [1.165, 1.54) is 25.1 Å². The van der Waals surface area contributed by atoms with Crippen LogP contribution in [0.3, 0.4) is 0 Å². The summed E-state index contributed by atoms with van der Waals surface area (Å²) in [6, 6.07) is 9.59. The highest BCUT2D eigenvalue weighted by Crippen LogP contribution is 2.26. The maximum absolute atomic E-state index is 11.1. The van der Waals surface area contributed by atoms with Gasteiger partial charge in [-0.25, -0.2) is 0 Å². The first kappa shape index (κ1) is 15.4. The Bertz CT molecular complexity index is 754. The third-order valence-electron chi connectivity index (χ3n) is 2.80. The number of carbonyl (C=O) groups is 1. The van der Waals surface area contributed by atoms with E-state index >= 15 is 0 Å². The maximum Gasteiger partial charge on any atom is 0.308 e. The van der Waals surface area contributed by atoms with E-state index < -0.39 is 10.9 Å². The Kier molecular flexibility index (Phi) is 4.63. The second kappa shape index (κ2) is 6.62. The fourth-order valence-electron chi connectivity index (χ4n) is 1.86. The molecular formula is C16H14N2O4. The summed E-state index contributed by atoms with van der Waals surface area (Å²) in [4.78, 5) is 25.8. The second-order valence-electron chi connectivity index (χ2n) is 4.61. The highest BCUT2D eigenvalue weighted by molar-refractivity contribution is 5.76. The summed E-state index contributed by atoms with van der Waals surface area (Å²) in [5.74, 6) is -0.223. The number of hydrogen-bond acceptors (Lipinski definition) is 5. The van der Waals surface area contributed by atoms with E-state index in [0.717, 1.165) is 5.69 Å². The minimum absolute atomic E-state index is 0.0762. The fourth-order valence-corrected chi connectivity index (χ4v) is 1.86. The molecule has 0 radical (unpaired) electrons. The molecule has 6 heteroatoms. The number of esters is 1. The van der Waals surface area contributed by atoms with Gasteiger partial charge in [-0.3, -0.25) is 19.9 Å². The standard InChI is InChI=1S/C16H14N2O4/c1-11-4-3-5-14(17-11)7-6-13-10-15(18(20)21)8-9-16(13)22-12(2)19/h3-10H,1-2H3/b7-6+. The first-order chi connectivity index (χ1) is 10.5. The highest BCUT2D eigenvalue weighted by atomic mass is 16.6. The van der Waals surface area contributed by atoms with Crippen molar-refractivity contribution in [3.63, 3.8) is 0 Å². The minimum atomic E-state index is -0.500. The first-order valence-electron chi connectivity index (χ1n) is 6.54. The van der Waals surface area contributed by atoms with E-state index in [1.807, 2.05) is 25.1 Å². The van der Waals surface area contributed by atoms with Crippen LogP contribution in [0.5, 0.6) is 5.75 Å². The lowest BCUT2D eigenvalue weighted by molar-refractivity contribution is -0.384. The van der Waals surface area contributed by atoms with Crippen molar-refractivity contribution in [2.45, 2.75) is 13.8 Å². The molecule has 0 aliphatic carbocycles. The average Bonchev–Trinajstić information content (AvgIpc) is 2.45. The Balaban J connectivity index is 2.39. The molecule has 0 amide bonds. The maximum atomic E-state index is 11.1. The third-order valence-corrected chi connectivity index (χ3v) is 2.80. The molecule has 1 aromatic carbocycles. The summed E-state index contributed by atoms with van der Waals surface area (Å²) in [5.41, 5.74) is 1.93. The topological polar surface area (TPSA) is 82.3 Å². The van der Waals surface area contributed by atoms with Crippen LogP contribution in [-0.2, 0) is 4.79 Å². The quantitative estimate of drug-likeness (QED) is 0.374. The Morgan fingerprint density at radius 3 is 2.68 bits per heavy atom. The van der Waals surface area contributed by atoms with E-state index in [2.05, 4.69) is 4.98 Å². The van der Waals surface area contributed by atoms with E-state index in [-0.39, 0.29) is 11.4 Å². The highest BCUT2D eigenvalue weighted by Gasteiger charge is 2.11. The van der Waals surface area contributed by atoms with Gasteiger partial charge in [-0.05, 0) is 37.3 Å². The lowest BCUT2D eigenvalue weighted by Crippen LogP contribution is -2.03. The monoisotopic (exact) mass is 298 g/mol. The summed E-state index contributed by atoms with van der Waals surface area (Å²) in [6.07, 6.45) is 3.34. The Hall–Kier alpha value is -3.02. The van der Waals surface area contributed by atoms with E-state index in [9.17, 15) is 14.9 Å². The number of rotatable bonds is 4. The van der Waals surface area contributed by atoms with E-state index in [4.69, 9.17) is 4.74 Å². The van der Waals surface area contributed by atoms with Gasteiger partial charge in [0.15, 0.2) is 0 Å². The van der Waals surface area contributed by atoms with Gasteiger partial charge in [0.25, 0.3) is 5.69 Å². The summed E-state index contributed by atoms with van der Waals surface area (Å²) in [5, 5.41) is 10.9. The number of nitro groups is 1. The van der Waals surface area contributed by atoms with Gasteiger partial charge >= 0.3 is 5.97 Å². The second-order valence-corrected chi connectivity index (χ2v) is 4.61. The number of carbonyl (C=O) groups excluding carboxylic acids is 1. The van der Waals surface area contributed by atoms with Crippen LogP contribution in [0.15, 0.2) is 36.4 Å². The zero-order valence-electron chi connectivity index (χ0n) is 12.1. The number of nitrogens with zero attached hydrogens (tertiary/aromatic N) is 2. The smallest absolute Gasteiger partial charge is 0.308 e. The van der Waals surface area contributed by atoms with Crippen LogP contribution >= 0.6 is 0 Å². The normalized spacial score (nSPS) is 10.6. The van der Waals surface area contributed by atoms with Crippen molar-refractivity contribution < 1.29 is 14.5 Å². The Labute approximate surface area is 127 Å². The molecule has 1 aromatic heterocycles. The summed E-state index contributed by atoms with van der Waals surface area (Å²) < 4.78 is 5.06. The van der Waals surface area contributed by atoms with Crippen LogP contribution in [0, 0.1) is 17.0 Å². The molecule has 0 saturated carbocycles. The molecule has 0 fully saturated rings. The van der Waals surface area contributed by atoms with Gasteiger partial charge in [-0.2, -0.15) is 0 Å². The average molecular weight is 298 g/mol. The van der Waals surface area contributed by atoms with Gasteiger partial charge in [0.2, 0.25) is 0 Å². The van der Waals surface area contributed by atoms with Gasteiger partial charge in [0, 0.05) is 30.3 Å². The van der Waals surface area contributed by atoms with Crippen molar-refractivity contribution in [2.24, 2.45) is 0 Å². The molecule has 0 bridgehead atoms. The fraction of sp³-hybridized carbons (Fsp3) is 0.125. The molecule has 22 heavy (non-hydrogen) atoms. The van der Waals surface area contributed by atoms with Crippen molar-refractivity contribution in [1.29, 1.82) is 0 Å². The van der Waals surface area contributed by atoms with Crippen LogP contribution < -0.4 is 4.74 Å². The summed E-state index contributed by atoms with van der Waals surface area (Å²) >= 11 is 0. The molecule has 2 aromatic rings. The van der Waals surface area contributed by atoms with Crippen molar-refractivity contribution in [1.82, 2.24) is 4.98 Å². The van der Waals surface area contributed by atoms with Gasteiger partial charge in [-0.15, -0.1) is 0 Å². The van der Waals surface area contributed by atoms with Crippen molar-refractivity contribution in [3.05, 3.63) is 63.5 Å². The predicted octanol–water partition coefficient (Wildman–Crippen LogP) is 3.39. The largest absolute Gasteiger partial charge is 0.426 e. The van der Waals surface area contributed by atoms with Gasteiger partial charge in [0.1, 0.15) is 5.75 Å². The molecule has 0 unspecified atom stereocenters. The predicted molar refractivity (Wildman–Crippen MR) is 82.3 cm³/mol. The number of nitro benzene ring substituents is 1. The molecular weight excluding hydrogens is 284 g/mol. The molecule has 2 rings (SSSR count). The van der Waals surface area contributed by atoms with E-state index in [1.54, 1.807) is 12.2 Å². The number of hydrogen-bond donors (Lipinski definition) is 0. The number of aromatic nitrogens is 1. The number of benzene rings is 1. The number of aryl methyl sites for hydroxylation is 1. The first-order valence-corrected chi connectivity index (χ1v) is 6.54. The number of pyridine rings is 1. The van der Waals surface area contributed by atoms with Gasteiger partial charge in [-0.1, -0.05) is 6.07 Å². The van der Waals surface area contributed by atoms with Crippen LogP contribution in [0.2, 0.25) is 0 Å². The lowest BCUT2D eigenvalue weighted by Gasteiger charge is -2.05. The Morgan fingerprint density at radius 1 is 1.27 bits per heavy atom. The zero-order valence-corrected chi connectivity index (χ0v) is 12.1. The molecule has 0 spiro atoms. The van der Waals surface area contributed by atoms with E-state index in [0.29, 0.717) is 11.3 Å². The molecule has 112 valence electrons. The lowest BCUT2D eigenvalue weighted by atomic mass is 10.1. The van der Waals surface area contributed by atoms with Crippen LogP contribution in [-0.4, -0.2) is 15.9 Å². The van der Waals surface area contributed by atoms with Crippen LogP contribution in [0.1, 0.15) is 23.9 Å². The Morgan fingerprint density at radius 2 is 2.05 bits per heavy atom. The van der Waals surface area contributed by atoms with Crippen LogP contribution in [0.4, 0.5) is 5.69 Å². The molecule has 6 nitrogen and oxygen atoms in total. The number of ether oxygens (including phenoxy) is 1. The minimum Gasteiger partial charge on any atom is -0.426 e. The molecule has 0 aliphatic heterocycles. The van der Waals surface area contributed by atoms with Gasteiger partial charge < -0.3 is 4.74 Å². The van der Waals surface area contributed by atoms with Crippen molar-refractivity contribution in [2.75, 3.05) is 0 Å². The SMILES string of the molecule is CC(=O)Oc1ccc([N+](=O)[O-])cc1/C=C/c1cccc(C)n1. The van der Waals surface area contributed by atoms with Crippen molar-refractivity contribution >= 4 is 23.8 Å². The summed E-state index contributed by atoms with van der Waals surface area (Å²) in [6.45, 7) is 3.14. The van der Waals surface area contributed by atoms with Crippen LogP contribution in [0.25, 0.3) is 12.2 Å². The molecule has 0 N–H and O–H groups in total. The number of non-ortho nitro benzene ring substituents is 1. The molecule has 0 atom stereocenters. The molecule has 0 saturated heterocycles. The van der Waals surface area contributed by atoms with Gasteiger partial charge in [0.05, 0.1) is 10.6 Å². The third kappa shape index (κ3) is 3.99. The molecule has 0 aliphatic rings. The summed E-state index contributed by atoms with van der Waals surface area (Å²) in [7, 11) is 0. The molecule has 1 heterocycles.